The highest BCUT2D eigenvalue weighted by Gasteiger charge is 2.30. The van der Waals surface area contributed by atoms with Gasteiger partial charge in [-0.25, -0.2) is 0 Å². The van der Waals surface area contributed by atoms with E-state index in [1.54, 1.807) is 13.0 Å². The van der Waals surface area contributed by atoms with Crippen molar-refractivity contribution in [1.82, 2.24) is 10.3 Å². The van der Waals surface area contributed by atoms with Crippen molar-refractivity contribution in [3.63, 3.8) is 0 Å². The highest BCUT2D eigenvalue weighted by molar-refractivity contribution is 5.94. The zero-order chi connectivity index (χ0) is 20.0. The van der Waals surface area contributed by atoms with Crippen LogP contribution in [0.25, 0.3) is 0 Å². The summed E-state index contributed by atoms with van der Waals surface area (Å²) >= 11 is 0. The number of aromatic nitrogens is 1. The molecule has 26 heavy (non-hydrogen) atoms. The molecule has 0 fully saturated rings. The van der Waals surface area contributed by atoms with Crippen LogP contribution in [0.2, 0.25) is 0 Å². The van der Waals surface area contributed by atoms with Gasteiger partial charge in [0, 0.05) is 23.5 Å². The quantitative estimate of drug-likeness (QED) is 0.848. The number of rotatable bonds is 3. The number of nitrogens with one attached hydrogen (secondary N) is 1. The standard InChI is InChI=1S/C15H13F3N2O.C4H11N/c1-10(20-14(21)11-5-7-19-8-6-11)12-3-2-4-13(9-12)15(16,17)18;1-4(2,3)5/h2-10H,1H3,(H,20,21);5H2,1-3H3. The van der Waals surface area contributed by atoms with Crippen LogP contribution in [0.4, 0.5) is 13.2 Å². The van der Waals surface area contributed by atoms with Crippen LogP contribution >= 0.6 is 0 Å². The van der Waals surface area contributed by atoms with Crippen molar-refractivity contribution in [2.75, 3.05) is 0 Å². The van der Waals surface area contributed by atoms with Gasteiger partial charge in [0.05, 0.1) is 11.6 Å². The van der Waals surface area contributed by atoms with Gasteiger partial charge in [-0.1, -0.05) is 12.1 Å². The first-order valence-electron chi connectivity index (χ1n) is 8.05. The first-order valence-corrected chi connectivity index (χ1v) is 8.05. The van der Waals surface area contributed by atoms with E-state index in [9.17, 15) is 18.0 Å². The monoisotopic (exact) mass is 367 g/mol. The van der Waals surface area contributed by atoms with Gasteiger partial charge in [0.2, 0.25) is 0 Å². The molecule has 0 aliphatic rings. The predicted molar refractivity (Wildman–Crippen MR) is 95.5 cm³/mol. The lowest BCUT2D eigenvalue weighted by atomic mass is 10.0. The molecule has 2 aromatic rings. The van der Waals surface area contributed by atoms with Gasteiger partial charge < -0.3 is 11.1 Å². The van der Waals surface area contributed by atoms with Gasteiger partial charge in [-0.3, -0.25) is 9.78 Å². The van der Waals surface area contributed by atoms with Gasteiger partial charge in [0.1, 0.15) is 0 Å². The number of nitrogens with two attached hydrogens (primary N) is 1. The number of nitrogens with zero attached hydrogens (tertiary/aromatic N) is 1. The Labute approximate surface area is 151 Å². The Morgan fingerprint density at radius 3 is 2.15 bits per heavy atom. The molecule has 0 saturated carbocycles. The van der Waals surface area contributed by atoms with E-state index in [0.29, 0.717) is 11.1 Å². The van der Waals surface area contributed by atoms with Crippen molar-refractivity contribution < 1.29 is 18.0 Å². The summed E-state index contributed by atoms with van der Waals surface area (Å²) in [6, 6.07) is 7.45. The number of halogens is 3. The molecule has 1 atom stereocenters. The average molecular weight is 367 g/mol. The Morgan fingerprint density at radius 2 is 1.65 bits per heavy atom. The summed E-state index contributed by atoms with van der Waals surface area (Å²) in [7, 11) is 0. The minimum absolute atomic E-state index is 0. The average Bonchev–Trinajstić information content (AvgIpc) is 2.53. The van der Waals surface area contributed by atoms with E-state index in [1.165, 1.54) is 30.6 Å². The molecule has 0 aliphatic carbocycles. The maximum absolute atomic E-state index is 12.7. The Bertz CT molecular complexity index is 704. The van der Waals surface area contributed by atoms with E-state index < -0.39 is 17.8 Å². The van der Waals surface area contributed by atoms with Crippen molar-refractivity contribution in [1.29, 1.82) is 0 Å². The van der Waals surface area contributed by atoms with E-state index in [0.717, 1.165) is 12.1 Å². The second kappa shape index (κ2) is 8.80. The summed E-state index contributed by atoms with van der Waals surface area (Å²) in [6.45, 7) is 7.53. The summed E-state index contributed by atoms with van der Waals surface area (Å²) in [5.41, 5.74) is 5.42. The molecule has 1 heterocycles. The number of benzene rings is 1. The van der Waals surface area contributed by atoms with Crippen molar-refractivity contribution in [2.45, 2.75) is 45.5 Å². The topological polar surface area (TPSA) is 68.0 Å². The summed E-state index contributed by atoms with van der Waals surface area (Å²) in [5, 5.41) is 2.66. The maximum Gasteiger partial charge on any atom is 0.416 e. The van der Waals surface area contributed by atoms with Gasteiger partial charge >= 0.3 is 6.18 Å². The summed E-state index contributed by atoms with van der Waals surface area (Å²) in [4.78, 5) is 15.7. The first-order chi connectivity index (χ1) is 11.9. The van der Waals surface area contributed by atoms with Crippen LogP contribution in [0.5, 0.6) is 0 Å². The largest absolute Gasteiger partial charge is 0.416 e. The molecule has 7 heteroatoms. The molecule has 0 aliphatic heterocycles. The molecule has 2 rings (SSSR count). The molecule has 1 amide bonds. The summed E-state index contributed by atoms with van der Waals surface area (Å²) in [5.74, 6) is -0.359. The second-order valence-electron chi connectivity index (χ2n) is 6.92. The van der Waals surface area contributed by atoms with E-state index in [2.05, 4.69) is 10.3 Å². The predicted octanol–water partition coefficient (Wildman–Crippen LogP) is 4.34. The number of amides is 1. The molecule has 3 N–H and O–H groups in total. The molecule has 1 unspecified atom stereocenters. The van der Waals surface area contributed by atoms with Crippen LogP contribution in [0.3, 0.4) is 0 Å². The molecular formula is C19H24F3N3O. The fourth-order valence-corrected chi connectivity index (χ4v) is 1.85. The van der Waals surface area contributed by atoms with Gasteiger partial charge in [-0.15, -0.1) is 0 Å². The summed E-state index contributed by atoms with van der Waals surface area (Å²) < 4.78 is 38.0. The lowest BCUT2D eigenvalue weighted by Gasteiger charge is -2.16. The number of hydrogen-bond donors (Lipinski definition) is 2. The molecule has 1 aromatic heterocycles. The Morgan fingerprint density at radius 1 is 1.12 bits per heavy atom. The number of alkyl halides is 3. The molecule has 0 bridgehead atoms. The zero-order valence-electron chi connectivity index (χ0n) is 15.3. The molecule has 0 spiro atoms. The third-order valence-corrected chi connectivity index (χ3v) is 3.00. The fraction of sp³-hybridized carbons (Fsp3) is 0.368. The highest BCUT2D eigenvalue weighted by Crippen LogP contribution is 2.30. The Balaban J connectivity index is 0.000000597. The Kier molecular flexibility index (Phi) is 7.32. The third kappa shape index (κ3) is 8.11. The first kappa shape index (κ1) is 21.6. The van der Waals surface area contributed by atoms with E-state index in [-0.39, 0.29) is 11.4 Å². The molecule has 142 valence electrons. The van der Waals surface area contributed by atoms with Crippen molar-refractivity contribution in [3.8, 4) is 0 Å². The van der Waals surface area contributed by atoms with E-state index >= 15 is 0 Å². The summed E-state index contributed by atoms with van der Waals surface area (Å²) in [6.07, 6.45) is -1.45. The fourth-order valence-electron chi connectivity index (χ4n) is 1.85. The number of hydrogen-bond acceptors (Lipinski definition) is 3. The van der Waals surface area contributed by atoms with Gasteiger partial charge in [-0.2, -0.15) is 13.2 Å². The number of pyridine rings is 1. The maximum atomic E-state index is 12.7. The normalized spacial score (nSPS) is 12.6. The Hall–Kier alpha value is -2.41. The minimum atomic E-state index is -4.40. The van der Waals surface area contributed by atoms with Gasteiger partial charge in [0.15, 0.2) is 0 Å². The van der Waals surface area contributed by atoms with Crippen LogP contribution in [-0.4, -0.2) is 16.4 Å². The number of carbonyl (C=O) groups is 1. The van der Waals surface area contributed by atoms with E-state index in [4.69, 9.17) is 5.73 Å². The van der Waals surface area contributed by atoms with Crippen molar-refractivity contribution in [3.05, 3.63) is 65.5 Å². The number of carbonyl (C=O) groups excluding carboxylic acids is 1. The SMILES string of the molecule is CC(C)(C)N.CC(NC(=O)c1ccncc1)c1cccc(C(F)(F)F)c1. The lowest BCUT2D eigenvalue weighted by Crippen LogP contribution is -2.26. The van der Waals surface area contributed by atoms with Gasteiger partial charge in [0.25, 0.3) is 5.91 Å². The van der Waals surface area contributed by atoms with Gasteiger partial charge in [-0.05, 0) is 57.5 Å². The third-order valence-electron chi connectivity index (χ3n) is 3.00. The smallest absolute Gasteiger partial charge is 0.346 e. The molecule has 1 aromatic carbocycles. The van der Waals surface area contributed by atoms with E-state index in [1.807, 2.05) is 20.8 Å². The van der Waals surface area contributed by atoms with Crippen LogP contribution in [0, 0.1) is 0 Å². The highest BCUT2D eigenvalue weighted by atomic mass is 19.4. The van der Waals surface area contributed by atoms with Crippen LogP contribution in [-0.2, 0) is 6.18 Å². The minimum Gasteiger partial charge on any atom is -0.346 e. The van der Waals surface area contributed by atoms with Crippen LogP contribution < -0.4 is 11.1 Å². The van der Waals surface area contributed by atoms with Crippen LogP contribution in [0.1, 0.15) is 55.2 Å². The lowest BCUT2D eigenvalue weighted by molar-refractivity contribution is -0.137. The molecule has 0 radical (unpaired) electrons. The molecular weight excluding hydrogens is 343 g/mol. The van der Waals surface area contributed by atoms with Crippen molar-refractivity contribution in [2.24, 2.45) is 5.73 Å². The molecule has 0 saturated heterocycles. The zero-order valence-corrected chi connectivity index (χ0v) is 15.3. The second-order valence-corrected chi connectivity index (χ2v) is 6.92. The van der Waals surface area contributed by atoms with Crippen molar-refractivity contribution >= 4 is 5.91 Å². The van der Waals surface area contributed by atoms with Crippen LogP contribution in [0.15, 0.2) is 48.8 Å². The molecule has 4 nitrogen and oxygen atoms in total.